The summed E-state index contributed by atoms with van der Waals surface area (Å²) in [4.78, 5) is 67.0. The quantitative estimate of drug-likeness (QED) is 0.102. The Morgan fingerprint density at radius 2 is 1.35 bits per heavy atom. The molecule has 62 heavy (non-hydrogen) atoms. The summed E-state index contributed by atoms with van der Waals surface area (Å²) >= 11 is 0. The number of amides is 5. The van der Waals surface area contributed by atoms with E-state index < -0.39 is 23.3 Å². The fourth-order valence-electron chi connectivity index (χ4n) is 7.57. The van der Waals surface area contributed by atoms with Crippen molar-refractivity contribution in [3.8, 4) is 22.5 Å². The van der Waals surface area contributed by atoms with Gasteiger partial charge in [-0.25, -0.2) is 9.59 Å². The zero-order chi connectivity index (χ0) is 44.4. The number of rotatable bonds is 12. The Morgan fingerprint density at radius 1 is 0.758 bits per heavy atom. The first-order valence-corrected chi connectivity index (χ1v) is 21.4. The van der Waals surface area contributed by atoms with Crippen LogP contribution >= 0.6 is 0 Å². The second-order valence-electron chi connectivity index (χ2n) is 18.2. The van der Waals surface area contributed by atoms with Gasteiger partial charge < -0.3 is 35.6 Å². The number of piperidine rings is 1. The molecule has 0 bridgehead atoms. The number of ether oxygens (including phenoxy) is 2. The third-order valence-corrected chi connectivity index (χ3v) is 10.9. The number of aromatic amines is 1. The molecule has 2 fully saturated rings. The number of hydrogen-bond acceptors (Lipinski definition) is 10. The first-order chi connectivity index (χ1) is 29.5. The summed E-state index contributed by atoms with van der Waals surface area (Å²) in [6.45, 7) is 12.5. The molecule has 1 unspecified atom stereocenters. The van der Waals surface area contributed by atoms with E-state index in [0.717, 1.165) is 35.1 Å². The average molecular weight is 850 g/mol. The van der Waals surface area contributed by atoms with Crippen molar-refractivity contribution in [3.05, 3.63) is 83.9 Å². The molecule has 16 heteroatoms. The van der Waals surface area contributed by atoms with Crippen molar-refractivity contribution in [2.75, 3.05) is 25.0 Å². The van der Waals surface area contributed by atoms with E-state index in [2.05, 4.69) is 41.9 Å². The van der Waals surface area contributed by atoms with Crippen LogP contribution in [-0.2, 0) is 25.5 Å². The van der Waals surface area contributed by atoms with Crippen molar-refractivity contribution in [1.82, 2.24) is 41.5 Å². The largest absolute Gasteiger partial charge is 0.444 e. The van der Waals surface area contributed by atoms with Crippen LogP contribution in [0.5, 0.6) is 0 Å². The Hall–Kier alpha value is -6.32. The molecule has 1 aliphatic heterocycles. The molecule has 1 aliphatic carbocycles. The molecule has 3 aromatic carbocycles. The van der Waals surface area contributed by atoms with Crippen LogP contribution in [0.15, 0.2) is 72.8 Å². The van der Waals surface area contributed by atoms with Gasteiger partial charge >= 0.3 is 12.2 Å². The van der Waals surface area contributed by atoms with Crippen molar-refractivity contribution in [2.45, 2.75) is 110 Å². The molecule has 0 spiro atoms. The lowest BCUT2D eigenvalue weighted by atomic mass is 9.81. The van der Waals surface area contributed by atoms with Crippen LogP contribution in [0.1, 0.15) is 96.0 Å². The normalized spacial score (nSPS) is 17.6. The highest BCUT2D eigenvalue weighted by Gasteiger charge is 2.31. The average Bonchev–Trinajstić information content (AvgIpc) is 3.78. The second-order valence-corrected chi connectivity index (χ2v) is 18.2. The number of carbonyl (C=O) groups is 5. The molecule has 330 valence electrons. The van der Waals surface area contributed by atoms with Crippen molar-refractivity contribution >= 4 is 35.6 Å². The van der Waals surface area contributed by atoms with Crippen LogP contribution in [0, 0.1) is 11.8 Å². The van der Waals surface area contributed by atoms with Crippen LogP contribution in [0.2, 0.25) is 0 Å². The summed E-state index contributed by atoms with van der Waals surface area (Å²) < 4.78 is 10.8. The Bertz CT molecular complexity index is 2130. The smallest absolute Gasteiger partial charge is 0.410 e. The van der Waals surface area contributed by atoms with Gasteiger partial charge in [-0.05, 0) is 144 Å². The summed E-state index contributed by atoms with van der Waals surface area (Å²) in [6, 6.07) is 21.3. The lowest BCUT2D eigenvalue weighted by molar-refractivity contribution is -0.130. The number of carbonyl (C=O) groups excluding carboxylic acids is 5. The van der Waals surface area contributed by atoms with Gasteiger partial charge in [-0.3, -0.25) is 14.4 Å². The topological polar surface area (TPSA) is 210 Å². The molecule has 1 saturated carbocycles. The molecule has 16 nitrogen and oxygen atoms in total. The van der Waals surface area contributed by atoms with Gasteiger partial charge in [0.2, 0.25) is 17.6 Å². The standard InChI is InChI=1S/C46H59N9O7/c1-45(2,3)61-43(59)47-28-30-9-13-34(14-10-30)41(57)50-38(42(58)49-36-21-19-33(20-22-36)39-51-53-54-52-39)27-29-7-11-31(12-8-29)32-15-17-35(18-16-32)40(56)48-37-23-25-55(26-24-37)44(60)62-46(4,5)6/h7-8,11-12,15-22,30,34,37-38H,9-10,13-14,23-28H2,1-6H3,(H,47,59)(H,48,56)(H,49,58)(H,50,57)(H,51,52,53,54). The number of nitrogens with zero attached hydrogens (tertiary/aromatic N) is 4. The monoisotopic (exact) mass is 849 g/mol. The lowest BCUT2D eigenvalue weighted by Gasteiger charge is -2.33. The van der Waals surface area contributed by atoms with E-state index in [9.17, 15) is 24.0 Å². The van der Waals surface area contributed by atoms with Crippen molar-refractivity contribution in [3.63, 3.8) is 0 Å². The fourth-order valence-corrected chi connectivity index (χ4v) is 7.57. The molecular weight excluding hydrogens is 791 g/mol. The first-order valence-electron chi connectivity index (χ1n) is 21.4. The van der Waals surface area contributed by atoms with Crippen LogP contribution in [0.25, 0.3) is 22.5 Å². The highest BCUT2D eigenvalue weighted by Crippen LogP contribution is 2.29. The number of anilines is 1. The number of aromatic nitrogens is 4. The highest BCUT2D eigenvalue weighted by atomic mass is 16.6. The molecule has 2 aliphatic rings. The van der Waals surface area contributed by atoms with E-state index in [0.29, 0.717) is 62.4 Å². The molecule has 1 atom stereocenters. The van der Waals surface area contributed by atoms with E-state index in [-0.39, 0.29) is 48.1 Å². The number of likely N-dealkylation sites (tertiary alicyclic amines) is 1. The highest BCUT2D eigenvalue weighted by molar-refractivity contribution is 5.98. The van der Waals surface area contributed by atoms with Crippen LogP contribution in [0.4, 0.5) is 15.3 Å². The van der Waals surface area contributed by atoms with Gasteiger partial charge in [-0.1, -0.05) is 36.4 Å². The molecule has 6 rings (SSSR count). The van der Waals surface area contributed by atoms with E-state index in [1.54, 1.807) is 41.3 Å². The Balaban J connectivity index is 1.05. The molecule has 5 amide bonds. The third kappa shape index (κ3) is 13.3. The summed E-state index contributed by atoms with van der Waals surface area (Å²) in [5.74, 6) is -0.300. The SMILES string of the molecule is CC(C)(C)OC(=O)NCC1CCC(C(=O)NC(Cc2ccc(-c3ccc(C(=O)NC4CCN(C(=O)OC(C)(C)C)CC4)cc3)cc2)C(=O)Nc2ccc(-c3nn[nH]n3)cc2)CC1. The van der Waals surface area contributed by atoms with Crippen LogP contribution in [-0.4, -0.2) is 98.4 Å². The Labute approximate surface area is 362 Å². The minimum atomic E-state index is -0.862. The predicted molar refractivity (Wildman–Crippen MR) is 234 cm³/mol. The van der Waals surface area contributed by atoms with Crippen molar-refractivity contribution < 1.29 is 33.4 Å². The first kappa shape index (κ1) is 45.2. The Morgan fingerprint density at radius 3 is 1.94 bits per heavy atom. The summed E-state index contributed by atoms with van der Waals surface area (Å²) in [7, 11) is 0. The van der Waals surface area contributed by atoms with Crippen LogP contribution < -0.4 is 21.3 Å². The van der Waals surface area contributed by atoms with Gasteiger partial charge in [0.25, 0.3) is 5.91 Å². The predicted octanol–water partition coefficient (Wildman–Crippen LogP) is 6.66. The maximum atomic E-state index is 13.9. The number of nitrogens with one attached hydrogen (secondary N) is 5. The minimum absolute atomic E-state index is 0.0396. The number of alkyl carbamates (subject to hydrolysis) is 1. The summed E-state index contributed by atoms with van der Waals surface area (Å²) in [5.41, 5.74) is 3.39. The zero-order valence-electron chi connectivity index (χ0n) is 36.5. The van der Waals surface area contributed by atoms with E-state index in [1.807, 2.05) is 77.9 Å². The van der Waals surface area contributed by atoms with Crippen molar-refractivity contribution in [2.24, 2.45) is 11.8 Å². The number of hydrogen-bond donors (Lipinski definition) is 5. The van der Waals surface area contributed by atoms with Gasteiger partial charge in [0.1, 0.15) is 17.2 Å². The van der Waals surface area contributed by atoms with Gasteiger partial charge in [-0.2, -0.15) is 5.21 Å². The van der Waals surface area contributed by atoms with Crippen molar-refractivity contribution in [1.29, 1.82) is 0 Å². The maximum Gasteiger partial charge on any atom is 0.410 e. The fraction of sp³-hybridized carbons (Fsp3) is 0.478. The van der Waals surface area contributed by atoms with E-state index in [1.165, 1.54) is 0 Å². The third-order valence-electron chi connectivity index (χ3n) is 10.9. The molecule has 5 N–H and O–H groups in total. The lowest BCUT2D eigenvalue weighted by Crippen LogP contribution is -2.48. The summed E-state index contributed by atoms with van der Waals surface area (Å²) in [5, 5.41) is 26.0. The van der Waals surface area contributed by atoms with Gasteiger partial charge in [0, 0.05) is 54.8 Å². The maximum absolute atomic E-state index is 13.9. The molecular formula is C46H59N9O7. The Kier molecular flexibility index (Phi) is 14.6. The molecule has 2 heterocycles. The van der Waals surface area contributed by atoms with Crippen LogP contribution in [0.3, 0.4) is 0 Å². The number of benzene rings is 3. The number of H-pyrrole nitrogens is 1. The minimum Gasteiger partial charge on any atom is -0.444 e. The van der Waals surface area contributed by atoms with Gasteiger partial charge in [0.05, 0.1) is 0 Å². The summed E-state index contributed by atoms with van der Waals surface area (Å²) in [6.07, 6.45) is 3.58. The van der Waals surface area contributed by atoms with E-state index >= 15 is 0 Å². The van der Waals surface area contributed by atoms with Gasteiger partial charge in [0.15, 0.2) is 0 Å². The molecule has 4 aromatic rings. The molecule has 1 aromatic heterocycles. The molecule has 1 saturated heterocycles. The number of tetrazole rings is 1. The molecule has 0 radical (unpaired) electrons. The second kappa shape index (κ2) is 20.0. The van der Waals surface area contributed by atoms with E-state index in [4.69, 9.17) is 9.47 Å². The van der Waals surface area contributed by atoms with Gasteiger partial charge in [-0.15, -0.1) is 10.2 Å². The zero-order valence-corrected chi connectivity index (χ0v) is 36.5.